The van der Waals surface area contributed by atoms with Crippen LogP contribution in [0.4, 0.5) is 0 Å². The SMILES string of the molecule is O=S(=O)(N[C@H]1COC[C@@H]1N1CCCC1)c1cccnc1. The predicted molar refractivity (Wildman–Crippen MR) is 73.8 cm³/mol. The molecule has 1 N–H and O–H groups in total. The van der Waals surface area contributed by atoms with Crippen LogP contribution >= 0.6 is 0 Å². The van der Waals surface area contributed by atoms with E-state index < -0.39 is 10.0 Å². The lowest BCUT2D eigenvalue weighted by Gasteiger charge is -2.27. The van der Waals surface area contributed by atoms with Gasteiger partial charge in [-0.25, -0.2) is 13.1 Å². The summed E-state index contributed by atoms with van der Waals surface area (Å²) in [5.41, 5.74) is 0. The lowest BCUT2D eigenvalue weighted by atomic mass is 10.1. The first-order valence-electron chi connectivity index (χ1n) is 6.91. The Balaban J connectivity index is 1.73. The molecule has 0 radical (unpaired) electrons. The van der Waals surface area contributed by atoms with Gasteiger partial charge in [0.2, 0.25) is 10.0 Å². The molecular formula is C13H19N3O3S. The average Bonchev–Trinajstić information content (AvgIpc) is 3.10. The number of hydrogen-bond acceptors (Lipinski definition) is 5. The molecule has 0 bridgehead atoms. The zero-order chi connectivity index (χ0) is 14.0. The fourth-order valence-electron chi connectivity index (χ4n) is 2.86. The molecule has 2 saturated heterocycles. The van der Waals surface area contributed by atoms with Gasteiger partial charge in [0, 0.05) is 12.4 Å². The molecule has 2 aliphatic heterocycles. The Labute approximate surface area is 119 Å². The zero-order valence-corrected chi connectivity index (χ0v) is 12.1. The summed E-state index contributed by atoms with van der Waals surface area (Å²) in [6.07, 6.45) is 5.28. The molecule has 0 saturated carbocycles. The number of ether oxygens (including phenoxy) is 1. The van der Waals surface area contributed by atoms with Gasteiger partial charge in [-0.05, 0) is 38.1 Å². The number of aromatic nitrogens is 1. The number of nitrogens with one attached hydrogen (secondary N) is 1. The van der Waals surface area contributed by atoms with Gasteiger partial charge in [-0.3, -0.25) is 9.88 Å². The lowest BCUT2D eigenvalue weighted by molar-refractivity contribution is 0.159. The van der Waals surface area contributed by atoms with E-state index in [0.717, 1.165) is 13.1 Å². The van der Waals surface area contributed by atoms with Gasteiger partial charge < -0.3 is 4.74 Å². The third kappa shape index (κ3) is 2.85. The smallest absolute Gasteiger partial charge is 0.242 e. The first kappa shape index (κ1) is 13.9. The Kier molecular flexibility index (Phi) is 4.02. The number of hydrogen-bond donors (Lipinski definition) is 1. The highest BCUT2D eigenvalue weighted by atomic mass is 32.2. The number of sulfonamides is 1. The summed E-state index contributed by atoms with van der Waals surface area (Å²) in [5.74, 6) is 0. The van der Waals surface area contributed by atoms with Crippen LogP contribution in [0.2, 0.25) is 0 Å². The number of pyridine rings is 1. The summed E-state index contributed by atoms with van der Waals surface area (Å²) in [4.78, 5) is 6.39. The van der Waals surface area contributed by atoms with Gasteiger partial charge in [0.05, 0.1) is 25.3 Å². The van der Waals surface area contributed by atoms with Gasteiger partial charge in [-0.1, -0.05) is 0 Å². The van der Waals surface area contributed by atoms with Crippen LogP contribution in [0, 0.1) is 0 Å². The van der Waals surface area contributed by atoms with Gasteiger partial charge in [0.1, 0.15) is 4.90 Å². The minimum absolute atomic E-state index is 0.143. The Morgan fingerprint density at radius 1 is 1.30 bits per heavy atom. The molecule has 0 amide bonds. The molecule has 3 heterocycles. The summed E-state index contributed by atoms with van der Waals surface area (Å²) >= 11 is 0. The Bertz CT molecular complexity index is 543. The van der Waals surface area contributed by atoms with Crippen LogP contribution in [-0.2, 0) is 14.8 Å². The van der Waals surface area contributed by atoms with Crippen molar-refractivity contribution in [2.75, 3.05) is 26.3 Å². The molecule has 110 valence electrons. The van der Waals surface area contributed by atoms with E-state index in [9.17, 15) is 8.42 Å². The molecule has 0 aromatic carbocycles. The highest BCUT2D eigenvalue weighted by Gasteiger charge is 2.36. The maximum absolute atomic E-state index is 12.3. The van der Waals surface area contributed by atoms with Crippen molar-refractivity contribution in [3.8, 4) is 0 Å². The molecule has 0 unspecified atom stereocenters. The second-order valence-electron chi connectivity index (χ2n) is 5.26. The van der Waals surface area contributed by atoms with E-state index in [2.05, 4.69) is 14.6 Å². The molecule has 6 nitrogen and oxygen atoms in total. The van der Waals surface area contributed by atoms with Crippen molar-refractivity contribution in [3.05, 3.63) is 24.5 Å². The zero-order valence-electron chi connectivity index (χ0n) is 11.2. The van der Waals surface area contributed by atoms with Crippen molar-refractivity contribution in [2.45, 2.75) is 29.8 Å². The van der Waals surface area contributed by atoms with Crippen LogP contribution in [0.3, 0.4) is 0 Å². The first-order valence-corrected chi connectivity index (χ1v) is 8.39. The normalized spacial score (nSPS) is 28.0. The molecule has 1 aromatic rings. The van der Waals surface area contributed by atoms with Crippen molar-refractivity contribution < 1.29 is 13.2 Å². The predicted octanol–water partition coefficient (Wildman–Crippen LogP) is 0.223. The van der Waals surface area contributed by atoms with Crippen LogP contribution in [0.15, 0.2) is 29.4 Å². The summed E-state index contributed by atoms with van der Waals surface area (Å²) in [7, 11) is -3.53. The Morgan fingerprint density at radius 2 is 2.10 bits per heavy atom. The van der Waals surface area contributed by atoms with E-state index in [1.807, 2.05) is 0 Å². The fraction of sp³-hybridized carbons (Fsp3) is 0.615. The second kappa shape index (κ2) is 5.77. The number of rotatable bonds is 4. The highest BCUT2D eigenvalue weighted by Crippen LogP contribution is 2.20. The third-order valence-corrected chi connectivity index (χ3v) is 5.39. The van der Waals surface area contributed by atoms with Crippen LogP contribution < -0.4 is 4.72 Å². The average molecular weight is 297 g/mol. The molecule has 0 spiro atoms. The van der Waals surface area contributed by atoms with Gasteiger partial charge in [-0.2, -0.15) is 0 Å². The van der Waals surface area contributed by atoms with Gasteiger partial charge in [0.25, 0.3) is 0 Å². The molecule has 1 aromatic heterocycles. The van der Waals surface area contributed by atoms with Crippen molar-refractivity contribution in [1.29, 1.82) is 0 Å². The summed E-state index contributed by atoms with van der Waals surface area (Å²) in [6.45, 7) is 3.08. The van der Waals surface area contributed by atoms with Crippen molar-refractivity contribution in [2.24, 2.45) is 0 Å². The van der Waals surface area contributed by atoms with Crippen molar-refractivity contribution in [3.63, 3.8) is 0 Å². The van der Waals surface area contributed by atoms with E-state index in [0.29, 0.717) is 13.2 Å². The number of likely N-dealkylation sites (tertiary alicyclic amines) is 1. The Hall–Kier alpha value is -1.02. The Morgan fingerprint density at radius 3 is 2.80 bits per heavy atom. The molecule has 3 rings (SSSR count). The first-order chi connectivity index (χ1) is 9.67. The molecule has 7 heteroatoms. The van der Waals surface area contributed by atoms with Crippen LogP contribution in [0.1, 0.15) is 12.8 Å². The molecule has 2 atom stereocenters. The summed E-state index contributed by atoms with van der Waals surface area (Å²) < 4.78 is 32.9. The van der Waals surface area contributed by atoms with Crippen LogP contribution in [0.25, 0.3) is 0 Å². The second-order valence-corrected chi connectivity index (χ2v) is 6.98. The lowest BCUT2D eigenvalue weighted by Crippen LogP contribution is -2.50. The van der Waals surface area contributed by atoms with Gasteiger partial charge in [0.15, 0.2) is 0 Å². The van der Waals surface area contributed by atoms with Gasteiger partial charge >= 0.3 is 0 Å². The van der Waals surface area contributed by atoms with E-state index in [-0.39, 0.29) is 17.0 Å². The van der Waals surface area contributed by atoms with E-state index in [4.69, 9.17) is 4.74 Å². The molecular weight excluding hydrogens is 278 g/mol. The van der Waals surface area contributed by atoms with E-state index >= 15 is 0 Å². The molecule has 2 fully saturated rings. The minimum atomic E-state index is -3.53. The third-order valence-electron chi connectivity index (χ3n) is 3.91. The number of nitrogens with zero attached hydrogens (tertiary/aromatic N) is 2. The van der Waals surface area contributed by atoms with Crippen molar-refractivity contribution in [1.82, 2.24) is 14.6 Å². The van der Waals surface area contributed by atoms with Crippen molar-refractivity contribution >= 4 is 10.0 Å². The van der Waals surface area contributed by atoms with Gasteiger partial charge in [-0.15, -0.1) is 0 Å². The van der Waals surface area contributed by atoms with E-state index in [1.165, 1.54) is 19.0 Å². The fourth-order valence-corrected chi connectivity index (χ4v) is 4.08. The topological polar surface area (TPSA) is 71.5 Å². The monoisotopic (exact) mass is 297 g/mol. The highest BCUT2D eigenvalue weighted by molar-refractivity contribution is 7.89. The molecule has 2 aliphatic rings. The largest absolute Gasteiger partial charge is 0.378 e. The van der Waals surface area contributed by atoms with E-state index in [1.54, 1.807) is 18.3 Å². The maximum Gasteiger partial charge on any atom is 0.242 e. The summed E-state index contributed by atoms with van der Waals surface area (Å²) in [5, 5.41) is 0. The van der Waals surface area contributed by atoms with Crippen LogP contribution in [0.5, 0.6) is 0 Å². The van der Waals surface area contributed by atoms with Crippen LogP contribution in [-0.4, -0.2) is 56.7 Å². The summed E-state index contributed by atoms with van der Waals surface area (Å²) in [6, 6.07) is 3.13. The standard InChI is InChI=1S/C13H19N3O3S/c17-20(18,11-4-3-5-14-8-11)15-12-9-19-10-13(12)16-6-1-2-7-16/h3-5,8,12-13,15H,1-2,6-7,9-10H2/t12-,13-/m0/s1. The minimum Gasteiger partial charge on any atom is -0.378 e. The maximum atomic E-state index is 12.3. The quantitative estimate of drug-likeness (QED) is 0.861. The molecule has 20 heavy (non-hydrogen) atoms. The molecule has 0 aliphatic carbocycles.